The monoisotopic (exact) mass is 357 g/mol. The van der Waals surface area contributed by atoms with Gasteiger partial charge < -0.3 is 14.7 Å². The van der Waals surface area contributed by atoms with Crippen LogP contribution in [0.5, 0.6) is 0 Å². The molecular formula is C22H35N3O. The number of carbonyl (C=O) groups excluding carboxylic acids is 1. The van der Waals surface area contributed by atoms with Crippen molar-refractivity contribution in [1.82, 2.24) is 4.90 Å². The van der Waals surface area contributed by atoms with E-state index in [-0.39, 0.29) is 5.54 Å². The van der Waals surface area contributed by atoms with Gasteiger partial charge >= 0.3 is 0 Å². The average Bonchev–Trinajstić information content (AvgIpc) is 2.61. The summed E-state index contributed by atoms with van der Waals surface area (Å²) in [6.45, 7) is 11.0. The van der Waals surface area contributed by atoms with Gasteiger partial charge in [-0.2, -0.15) is 0 Å². The molecule has 0 saturated carbocycles. The number of fused-ring (bicyclic) bond motifs is 1. The van der Waals surface area contributed by atoms with E-state index < -0.39 is 0 Å². The van der Waals surface area contributed by atoms with Crippen molar-refractivity contribution >= 4 is 17.3 Å². The van der Waals surface area contributed by atoms with Crippen LogP contribution in [0.2, 0.25) is 0 Å². The number of unbranched alkanes of at least 4 members (excludes halogenated alkanes) is 2. The summed E-state index contributed by atoms with van der Waals surface area (Å²) in [6, 6.07) is 6.55. The maximum Gasteiger partial charge on any atom is 0.227 e. The van der Waals surface area contributed by atoms with Gasteiger partial charge in [-0.15, -0.1) is 0 Å². The second kappa shape index (κ2) is 7.99. The van der Waals surface area contributed by atoms with Crippen molar-refractivity contribution in [1.29, 1.82) is 0 Å². The molecule has 0 N–H and O–H groups in total. The van der Waals surface area contributed by atoms with Crippen LogP contribution in [-0.4, -0.2) is 49.6 Å². The van der Waals surface area contributed by atoms with E-state index in [4.69, 9.17) is 0 Å². The van der Waals surface area contributed by atoms with Gasteiger partial charge in [0.05, 0.1) is 0 Å². The van der Waals surface area contributed by atoms with Crippen LogP contribution in [0, 0.1) is 0 Å². The summed E-state index contributed by atoms with van der Waals surface area (Å²) in [5.74, 6) is 0.292. The zero-order valence-corrected chi connectivity index (χ0v) is 17.1. The van der Waals surface area contributed by atoms with E-state index in [0.29, 0.717) is 12.3 Å². The van der Waals surface area contributed by atoms with Crippen LogP contribution >= 0.6 is 0 Å². The lowest BCUT2D eigenvalue weighted by molar-refractivity contribution is -0.119. The van der Waals surface area contributed by atoms with Crippen LogP contribution in [0.25, 0.3) is 0 Å². The van der Waals surface area contributed by atoms with Crippen LogP contribution in [0.4, 0.5) is 11.4 Å². The molecule has 2 aliphatic heterocycles. The first-order valence-corrected chi connectivity index (χ1v) is 10.3. The summed E-state index contributed by atoms with van der Waals surface area (Å²) in [7, 11) is 2.19. The zero-order valence-electron chi connectivity index (χ0n) is 17.1. The number of hydrogen-bond acceptors (Lipinski definition) is 3. The van der Waals surface area contributed by atoms with Gasteiger partial charge in [-0.05, 0) is 57.9 Å². The molecule has 1 saturated heterocycles. The molecule has 4 nitrogen and oxygen atoms in total. The van der Waals surface area contributed by atoms with E-state index in [0.717, 1.165) is 64.0 Å². The van der Waals surface area contributed by atoms with E-state index >= 15 is 0 Å². The van der Waals surface area contributed by atoms with Crippen molar-refractivity contribution in [3.05, 3.63) is 23.8 Å². The number of carbonyl (C=O) groups is 1. The number of amides is 1. The van der Waals surface area contributed by atoms with Crippen LogP contribution in [0.15, 0.2) is 18.2 Å². The highest BCUT2D eigenvalue weighted by Crippen LogP contribution is 2.41. The zero-order chi connectivity index (χ0) is 18.7. The summed E-state index contributed by atoms with van der Waals surface area (Å²) in [5, 5.41) is 0. The minimum atomic E-state index is -0.100. The molecule has 0 aromatic heterocycles. The minimum Gasteiger partial charge on any atom is -0.369 e. The Morgan fingerprint density at radius 1 is 1.08 bits per heavy atom. The molecule has 0 spiro atoms. The summed E-state index contributed by atoms with van der Waals surface area (Å²) in [6.07, 6.45) is 6.04. The van der Waals surface area contributed by atoms with Crippen molar-refractivity contribution in [2.75, 3.05) is 43.0 Å². The van der Waals surface area contributed by atoms with Gasteiger partial charge in [0.15, 0.2) is 0 Å². The normalized spacial score (nSPS) is 20.2. The highest BCUT2D eigenvalue weighted by molar-refractivity contribution is 5.97. The molecule has 1 aromatic rings. The molecule has 26 heavy (non-hydrogen) atoms. The number of hydrogen-bond donors (Lipinski definition) is 0. The molecule has 4 heteroatoms. The van der Waals surface area contributed by atoms with Crippen LogP contribution in [0.3, 0.4) is 0 Å². The summed E-state index contributed by atoms with van der Waals surface area (Å²) >= 11 is 0. The van der Waals surface area contributed by atoms with E-state index in [1.165, 1.54) is 11.3 Å². The summed E-state index contributed by atoms with van der Waals surface area (Å²) in [4.78, 5) is 20.1. The largest absolute Gasteiger partial charge is 0.369 e. The molecule has 1 fully saturated rings. The Hall–Kier alpha value is -1.55. The van der Waals surface area contributed by atoms with Crippen molar-refractivity contribution in [2.24, 2.45) is 0 Å². The summed E-state index contributed by atoms with van der Waals surface area (Å²) < 4.78 is 0. The minimum absolute atomic E-state index is 0.100. The first-order chi connectivity index (χ1) is 12.4. The van der Waals surface area contributed by atoms with Gasteiger partial charge in [-0.25, -0.2) is 0 Å². The Bertz CT molecular complexity index is 632. The number of likely N-dealkylation sites (N-methyl/N-ethyl adjacent to an activating group) is 1. The molecule has 0 atom stereocenters. The molecule has 0 bridgehead atoms. The fourth-order valence-electron chi connectivity index (χ4n) is 4.35. The SMILES string of the molecule is CCCCCC(=O)N1c2cccc(N3CCN(C)CC3)c2CCC1(C)C. The summed E-state index contributed by atoms with van der Waals surface area (Å²) in [5.41, 5.74) is 3.77. The highest BCUT2D eigenvalue weighted by Gasteiger charge is 2.38. The van der Waals surface area contributed by atoms with Crippen molar-refractivity contribution in [3.8, 4) is 0 Å². The third kappa shape index (κ3) is 3.90. The quantitative estimate of drug-likeness (QED) is 0.743. The average molecular weight is 358 g/mol. The topological polar surface area (TPSA) is 26.8 Å². The molecule has 144 valence electrons. The molecular weight excluding hydrogens is 322 g/mol. The lowest BCUT2D eigenvalue weighted by Crippen LogP contribution is -2.51. The second-order valence-corrected chi connectivity index (χ2v) is 8.56. The van der Waals surface area contributed by atoms with Crippen molar-refractivity contribution in [3.63, 3.8) is 0 Å². The molecule has 1 aromatic carbocycles. The second-order valence-electron chi connectivity index (χ2n) is 8.56. The van der Waals surface area contributed by atoms with E-state index in [1.54, 1.807) is 0 Å². The Balaban J connectivity index is 1.89. The first kappa shape index (κ1) is 19.2. The van der Waals surface area contributed by atoms with Gasteiger partial charge in [-0.3, -0.25) is 4.79 Å². The predicted molar refractivity (Wildman–Crippen MR) is 110 cm³/mol. The number of benzene rings is 1. The molecule has 2 heterocycles. The lowest BCUT2D eigenvalue weighted by Gasteiger charge is -2.45. The molecule has 3 rings (SSSR count). The fraction of sp³-hybridized carbons (Fsp3) is 0.682. The van der Waals surface area contributed by atoms with Crippen LogP contribution in [0.1, 0.15) is 58.4 Å². The maximum atomic E-state index is 13.1. The van der Waals surface area contributed by atoms with Crippen LogP contribution in [-0.2, 0) is 11.2 Å². The number of anilines is 2. The molecule has 0 radical (unpaired) electrons. The molecule has 0 unspecified atom stereocenters. The molecule has 0 aliphatic carbocycles. The smallest absolute Gasteiger partial charge is 0.227 e. The van der Waals surface area contributed by atoms with Gasteiger partial charge in [0.1, 0.15) is 0 Å². The lowest BCUT2D eigenvalue weighted by atomic mass is 9.85. The number of piperazine rings is 1. The van der Waals surface area contributed by atoms with Gasteiger partial charge in [0.25, 0.3) is 0 Å². The molecule has 1 amide bonds. The predicted octanol–water partition coefficient (Wildman–Crippen LogP) is 4.08. The molecule has 2 aliphatic rings. The van der Waals surface area contributed by atoms with Crippen molar-refractivity contribution < 1.29 is 4.79 Å². The van der Waals surface area contributed by atoms with Crippen LogP contribution < -0.4 is 9.80 Å². The maximum absolute atomic E-state index is 13.1. The van der Waals surface area contributed by atoms with Gasteiger partial charge in [0.2, 0.25) is 5.91 Å². The Kier molecular flexibility index (Phi) is 5.91. The van der Waals surface area contributed by atoms with E-state index in [9.17, 15) is 4.79 Å². The number of nitrogens with zero attached hydrogens (tertiary/aromatic N) is 3. The van der Waals surface area contributed by atoms with Gasteiger partial charge in [0, 0.05) is 49.5 Å². The highest BCUT2D eigenvalue weighted by atomic mass is 16.2. The Morgan fingerprint density at radius 3 is 2.46 bits per heavy atom. The van der Waals surface area contributed by atoms with E-state index in [2.05, 4.69) is 60.7 Å². The Morgan fingerprint density at radius 2 is 1.77 bits per heavy atom. The fourth-order valence-corrected chi connectivity index (χ4v) is 4.35. The number of rotatable bonds is 5. The van der Waals surface area contributed by atoms with E-state index in [1.807, 2.05) is 0 Å². The third-order valence-corrected chi connectivity index (χ3v) is 6.05. The van der Waals surface area contributed by atoms with Crippen molar-refractivity contribution in [2.45, 2.75) is 64.8 Å². The first-order valence-electron chi connectivity index (χ1n) is 10.3. The standard InChI is InChI=1S/C22H35N3O/c1-5-6-7-11-21(26)25-20-10-8-9-19(18(20)12-13-22(25,2)3)24-16-14-23(4)15-17-24/h8-10H,5-7,11-17H2,1-4H3. The third-order valence-electron chi connectivity index (χ3n) is 6.05. The Labute approximate surface area is 159 Å². The van der Waals surface area contributed by atoms with Gasteiger partial charge in [-0.1, -0.05) is 25.8 Å².